The Bertz CT molecular complexity index is 744. The molecule has 1 aromatic carbocycles. The molecule has 0 bridgehead atoms. The zero-order chi connectivity index (χ0) is 19.8. The molecule has 4 nitrogen and oxygen atoms in total. The summed E-state index contributed by atoms with van der Waals surface area (Å²) in [6, 6.07) is 7.88. The summed E-state index contributed by atoms with van der Waals surface area (Å²) in [6.45, 7) is 8.75. The molecule has 28 heavy (non-hydrogen) atoms. The van der Waals surface area contributed by atoms with Crippen molar-refractivity contribution in [2.45, 2.75) is 50.2 Å². The van der Waals surface area contributed by atoms with Crippen LogP contribution in [0, 0.1) is 12.8 Å². The number of hydrogen-bond donors (Lipinski definition) is 1. The number of rotatable bonds is 9. The average molecular weight is 418 g/mol. The zero-order valence-corrected chi connectivity index (χ0v) is 18.6. The van der Waals surface area contributed by atoms with E-state index in [1.54, 1.807) is 23.1 Å². The van der Waals surface area contributed by atoms with Gasteiger partial charge in [-0.25, -0.2) is 4.98 Å². The van der Waals surface area contributed by atoms with Crippen molar-refractivity contribution in [2.24, 2.45) is 5.92 Å². The fourth-order valence-corrected chi connectivity index (χ4v) is 5.10. The summed E-state index contributed by atoms with van der Waals surface area (Å²) in [5.41, 5.74) is 1.85. The molecular formula is C22H31N3OS2. The molecule has 0 aliphatic carbocycles. The van der Waals surface area contributed by atoms with Crippen LogP contribution in [0.2, 0.25) is 0 Å². The Kier molecular flexibility index (Phi) is 8.37. The highest BCUT2D eigenvalue weighted by Gasteiger charge is 2.15. The second-order valence-electron chi connectivity index (χ2n) is 7.68. The summed E-state index contributed by atoms with van der Waals surface area (Å²) in [4.78, 5) is 20.5. The molecule has 2 aromatic rings. The van der Waals surface area contributed by atoms with E-state index in [1.165, 1.54) is 25.9 Å². The minimum absolute atomic E-state index is 0.0262. The molecule has 1 saturated heterocycles. The van der Waals surface area contributed by atoms with E-state index >= 15 is 0 Å². The molecule has 0 radical (unpaired) electrons. The van der Waals surface area contributed by atoms with Crippen molar-refractivity contribution in [1.29, 1.82) is 0 Å². The Morgan fingerprint density at radius 3 is 2.86 bits per heavy atom. The number of piperidine rings is 1. The first kappa shape index (κ1) is 21.3. The second kappa shape index (κ2) is 11.0. The molecule has 6 heteroatoms. The third-order valence-corrected chi connectivity index (χ3v) is 6.97. The minimum Gasteiger partial charge on any atom is -0.352 e. The topological polar surface area (TPSA) is 45.2 Å². The highest BCUT2D eigenvalue weighted by molar-refractivity contribution is 7.98. The Labute approximate surface area is 177 Å². The van der Waals surface area contributed by atoms with E-state index in [1.807, 2.05) is 31.2 Å². The molecule has 0 saturated carbocycles. The van der Waals surface area contributed by atoms with Crippen molar-refractivity contribution >= 4 is 29.0 Å². The van der Waals surface area contributed by atoms with Crippen molar-refractivity contribution in [1.82, 2.24) is 15.2 Å². The van der Waals surface area contributed by atoms with Gasteiger partial charge in [0, 0.05) is 34.7 Å². The first-order valence-corrected chi connectivity index (χ1v) is 12.1. The van der Waals surface area contributed by atoms with Crippen LogP contribution in [0.1, 0.15) is 53.7 Å². The maximum absolute atomic E-state index is 12.3. The number of amides is 1. The van der Waals surface area contributed by atoms with Crippen LogP contribution in [-0.2, 0) is 5.75 Å². The predicted octanol–water partition coefficient (Wildman–Crippen LogP) is 4.99. The third-order valence-electron chi connectivity index (χ3n) is 5.10. The molecule has 1 fully saturated rings. The van der Waals surface area contributed by atoms with Crippen LogP contribution in [0.15, 0.2) is 34.5 Å². The van der Waals surface area contributed by atoms with E-state index in [9.17, 15) is 4.79 Å². The van der Waals surface area contributed by atoms with Crippen molar-refractivity contribution in [3.05, 3.63) is 45.9 Å². The third kappa shape index (κ3) is 6.90. The Morgan fingerprint density at radius 1 is 1.32 bits per heavy atom. The summed E-state index contributed by atoms with van der Waals surface area (Å²) in [7, 11) is 0. The summed E-state index contributed by atoms with van der Waals surface area (Å²) >= 11 is 3.44. The molecule has 0 spiro atoms. The van der Waals surface area contributed by atoms with Crippen LogP contribution >= 0.6 is 23.1 Å². The number of aromatic nitrogens is 1. The Balaban J connectivity index is 1.32. The Hall–Kier alpha value is -1.37. The summed E-state index contributed by atoms with van der Waals surface area (Å²) in [5, 5.41) is 6.26. The van der Waals surface area contributed by atoms with Gasteiger partial charge < -0.3 is 10.2 Å². The lowest BCUT2D eigenvalue weighted by molar-refractivity contribution is 0.0952. The monoisotopic (exact) mass is 417 g/mol. The van der Waals surface area contributed by atoms with Gasteiger partial charge in [-0.3, -0.25) is 4.79 Å². The van der Waals surface area contributed by atoms with Crippen LogP contribution in [0.5, 0.6) is 0 Å². The molecule has 3 rings (SSSR count). The summed E-state index contributed by atoms with van der Waals surface area (Å²) in [6.07, 6.45) is 4.89. The molecule has 1 aliphatic heterocycles. The Morgan fingerprint density at radius 2 is 2.14 bits per heavy atom. The number of nitrogens with zero attached hydrogens (tertiary/aromatic N) is 2. The van der Waals surface area contributed by atoms with Crippen molar-refractivity contribution in [3.63, 3.8) is 0 Å². The van der Waals surface area contributed by atoms with Gasteiger partial charge in [0.05, 0.1) is 10.7 Å². The molecule has 152 valence electrons. The molecular weight excluding hydrogens is 386 g/mol. The molecule has 1 aromatic heterocycles. The first-order chi connectivity index (χ1) is 13.6. The van der Waals surface area contributed by atoms with Gasteiger partial charge in [0.2, 0.25) is 0 Å². The second-order valence-corrected chi connectivity index (χ2v) is 9.79. The number of thiazole rings is 1. The number of likely N-dealkylation sites (tertiary alicyclic amines) is 1. The molecule has 1 aliphatic rings. The molecule has 2 heterocycles. The largest absolute Gasteiger partial charge is 0.352 e. The van der Waals surface area contributed by atoms with Gasteiger partial charge >= 0.3 is 0 Å². The van der Waals surface area contributed by atoms with Gasteiger partial charge in [-0.1, -0.05) is 6.92 Å². The van der Waals surface area contributed by atoms with Crippen molar-refractivity contribution in [2.75, 3.05) is 26.2 Å². The van der Waals surface area contributed by atoms with Gasteiger partial charge in [-0.2, -0.15) is 0 Å². The lowest BCUT2D eigenvalue weighted by Crippen LogP contribution is -2.35. The van der Waals surface area contributed by atoms with E-state index in [0.717, 1.165) is 58.8 Å². The molecule has 1 amide bonds. The number of carbonyl (C=O) groups is 1. The van der Waals surface area contributed by atoms with Gasteiger partial charge in [-0.05, 0) is 75.9 Å². The van der Waals surface area contributed by atoms with Gasteiger partial charge in [-0.15, -0.1) is 23.1 Å². The van der Waals surface area contributed by atoms with E-state index in [4.69, 9.17) is 0 Å². The number of hydrogen-bond acceptors (Lipinski definition) is 5. The maximum Gasteiger partial charge on any atom is 0.251 e. The van der Waals surface area contributed by atoms with Gasteiger partial charge in [0.1, 0.15) is 0 Å². The average Bonchev–Trinajstić information content (AvgIpc) is 3.12. The summed E-state index contributed by atoms with van der Waals surface area (Å²) in [5.74, 6) is 1.73. The summed E-state index contributed by atoms with van der Waals surface area (Å²) < 4.78 is 0. The number of carbonyl (C=O) groups excluding carboxylic acids is 1. The normalized spacial score (nSPS) is 17.6. The van der Waals surface area contributed by atoms with Crippen molar-refractivity contribution < 1.29 is 4.79 Å². The molecule has 1 N–H and O–H groups in total. The van der Waals surface area contributed by atoms with E-state index in [0.29, 0.717) is 0 Å². The number of unbranched alkanes of at least 4 members (excludes halogenated alkanes) is 1. The van der Waals surface area contributed by atoms with Crippen LogP contribution in [0.25, 0.3) is 0 Å². The van der Waals surface area contributed by atoms with Gasteiger partial charge in [0.25, 0.3) is 5.91 Å². The van der Waals surface area contributed by atoms with Gasteiger partial charge in [0.15, 0.2) is 0 Å². The number of nitrogens with one attached hydrogen (secondary N) is 1. The molecule has 1 unspecified atom stereocenters. The SMILES string of the molecule is Cc1nc(CSc2ccc(C(=O)NCCCCN3CCCC(C)C3)cc2)cs1. The van der Waals surface area contributed by atoms with Crippen molar-refractivity contribution in [3.8, 4) is 0 Å². The lowest BCUT2D eigenvalue weighted by Gasteiger charge is -2.30. The quantitative estimate of drug-likeness (QED) is 0.461. The highest BCUT2D eigenvalue weighted by Crippen LogP contribution is 2.24. The van der Waals surface area contributed by atoms with E-state index < -0.39 is 0 Å². The fraction of sp³-hybridized carbons (Fsp3) is 0.545. The lowest BCUT2D eigenvalue weighted by atomic mass is 10.0. The number of thioether (sulfide) groups is 1. The van der Waals surface area contributed by atoms with Crippen LogP contribution < -0.4 is 5.32 Å². The van der Waals surface area contributed by atoms with Crippen LogP contribution in [0.3, 0.4) is 0 Å². The number of aryl methyl sites for hydroxylation is 1. The maximum atomic E-state index is 12.3. The first-order valence-electron chi connectivity index (χ1n) is 10.2. The van der Waals surface area contributed by atoms with E-state index in [-0.39, 0.29) is 5.91 Å². The van der Waals surface area contributed by atoms with E-state index in [2.05, 4.69) is 27.5 Å². The molecule has 1 atom stereocenters. The highest BCUT2D eigenvalue weighted by atomic mass is 32.2. The zero-order valence-electron chi connectivity index (χ0n) is 16.9. The predicted molar refractivity (Wildman–Crippen MR) is 119 cm³/mol. The van der Waals surface area contributed by atoms with Crippen LogP contribution in [0.4, 0.5) is 0 Å². The fourth-order valence-electron chi connectivity index (χ4n) is 3.59. The smallest absolute Gasteiger partial charge is 0.251 e. The standard InChI is InChI=1S/C22H31N3OS2/c1-17-6-5-13-25(14-17)12-4-3-11-23-22(26)19-7-9-21(10-8-19)28-16-20-15-27-18(2)24-20/h7-10,15,17H,3-6,11-14,16H2,1-2H3,(H,23,26). The van der Waals surface area contributed by atoms with Crippen LogP contribution in [-0.4, -0.2) is 42.0 Å². The number of benzene rings is 1. The minimum atomic E-state index is 0.0262.